The van der Waals surface area contributed by atoms with Gasteiger partial charge in [-0.25, -0.2) is 0 Å². The molecule has 0 bridgehead atoms. The van der Waals surface area contributed by atoms with E-state index in [2.05, 4.69) is 4.90 Å². The van der Waals surface area contributed by atoms with Crippen molar-refractivity contribution < 1.29 is 14.3 Å². The highest BCUT2D eigenvalue weighted by Crippen LogP contribution is 2.34. The van der Waals surface area contributed by atoms with Crippen LogP contribution in [0.25, 0.3) is 0 Å². The minimum atomic E-state index is -0.539. The quantitative estimate of drug-likeness (QED) is 0.831. The smallest absolute Gasteiger partial charge is 0.267 e. The van der Waals surface area contributed by atoms with E-state index in [0.29, 0.717) is 5.75 Å². The molecule has 5 nitrogen and oxygen atoms in total. The highest BCUT2D eigenvalue weighted by molar-refractivity contribution is 5.82. The number of fused-ring (bicyclic) bond motifs is 1. The van der Waals surface area contributed by atoms with Crippen LogP contribution in [0, 0.1) is 0 Å². The normalized spacial score (nSPS) is 28.5. The maximum atomic E-state index is 12.8. The number of hydrogen-bond acceptors (Lipinski definition) is 4. The van der Waals surface area contributed by atoms with Gasteiger partial charge in [0, 0.05) is 32.2 Å². The second-order valence-corrected chi connectivity index (χ2v) is 6.40. The van der Waals surface area contributed by atoms with Crippen LogP contribution in [0.3, 0.4) is 0 Å². The van der Waals surface area contributed by atoms with Crippen molar-refractivity contribution in [2.75, 3.05) is 26.2 Å². The fraction of sp³-hybridized carbons (Fsp3) is 0.588. The topological polar surface area (TPSA) is 42.0 Å². The summed E-state index contributed by atoms with van der Waals surface area (Å²) in [6.45, 7) is 5.45. The van der Waals surface area contributed by atoms with E-state index in [1.807, 2.05) is 36.1 Å². The van der Waals surface area contributed by atoms with Crippen LogP contribution in [0.2, 0.25) is 0 Å². The number of carbonyl (C=O) groups is 1. The molecule has 1 saturated carbocycles. The maximum Gasteiger partial charge on any atom is 0.267 e. The third-order valence-electron chi connectivity index (χ3n) is 4.77. The number of piperazine rings is 1. The molecule has 3 aliphatic rings. The predicted molar refractivity (Wildman–Crippen MR) is 82.1 cm³/mol. The fourth-order valence-corrected chi connectivity index (χ4v) is 3.32. The van der Waals surface area contributed by atoms with Crippen LogP contribution in [0.4, 0.5) is 0 Å². The molecule has 1 amide bonds. The van der Waals surface area contributed by atoms with Crippen LogP contribution in [0.15, 0.2) is 24.3 Å². The van der Waals surface area contributed by atoms with Crippen molar-refractivity contribution in [2.45, 2.75) is 38.0 Å². The number of benzene rings is 1. The van der Waals surface area contributed by atoms with Crippen molar-refractivity contribution in [3.05, 3.63) is 24.3 Å². The highest BCUT2D eigenvalue weighted by Gasteiger charge is 2.39. The summed E-state index contributed by atoms with van der Waals surface area (Å²) in [5, 5.41) is 0. The molecule has 4 rings (SSSR count). The van der Waals surface area contributed by atoms with Gasteiger partial charge in [0.1, 0.15) is 6.10 Å². The molecule has 0 spiro atoms. The van der Waals surface area contributed by atoms with Gasteiger partial charge < -0.3 is 14.4 Å². The summed E-state index contributed by atoms with van der Waals surface area (Å²) in [6.07, 6.45) is 1.84. The third-order valence-corrected chi connectivity index (χ3v) is 4.77. The molecule has 0 unspecified atom stereocenters. The van der Waals surface area contributed by atoms with Crippen LogP contribution in [-0.2, 0) is 4.79 Å². The van der Waals surface area contributed by atoms with Gasteiger partial charge in [-0.1, -0.05) is 12.1 Å². The van der Waals surface area contributed by atoms with E-state index in [1.165, 1.54) is 12.8 Å². The molecule has 22 heavy (non-hydrogen) atoms. The molecule has 0 aromatic heterocycles. The molecule has 1 saturated heterocycles. The van der Waals surface area contributed by atoms with Crippen molar-refractivity contribution in [3.63, 3.8) is 0 Å². The Kier molecular flexibility index (Phi) is 3.45. The van der Waals surface area contributed by atoms with Crippen molar-refractivity contribution in [1.29, 1.82) is 0 Å². The summed E-state index contributed by atoms with van der Waals surface area (Å²) in [5.41, 5.74) is 0. The van der Waals surface area contributed by atoms with Gasteiger partial charge in [0.25, 0.3) is 5.91 Å². The molecular formula is C17H22N2O3. The number of hydrogen-bond donors (Lipinski definition) is 0. The van der Waals surface area contributed by atoms with Crippen LogP contribution >= 0.6 is 0 Å². The van der Waals surface area contributed by atoms with Gasteiger partial charge in [-0.2, -0.15) is 0 Å². The lowest BCUT2D eigenvalue weighted by Crippen LogP contribution is -2.56. The SMILES string of the molecule is C[C@@H]1Oc2ccccc2O[C@@H]1C(=O)N1CCN(C2CC2)CC1. The van der Waals surface area contributed by atoms with Gasteiger partial charge >= 0.3 is 0 Å². The first kappa shape index (κ1) is 13.9. The molecule has 2 fully saturated rings. The molecule has 2 aliphatic heterocycles. The first-order valence-electron chi connectivity index (χ1n) is 8.17. The van der Waals surface area contributed by atoms with Crippen LogP contribution in [0.1, 0.15) is 19.8 Å². The van der Waals surface area contributed by atoms with Gasteiger partial charge in [-0.15, -0.1) is 0 Å². The molecule has 2 heterocycles. The van der Waals surface area contributed by atoms with E-state index in [9.17, 15) is 4.79 Å². The molecule has 0 N–H and O–H groups in total. The van der Waals surface area contributed by atoms with Gasteiger partial charge in [0.05, 0.1) is 0 Å². The van der Waals surface area contributed by atoms with Gasteiger partial charge in [0.15, 0.2) is 11.5 Å². The Morgan fingerprint density at radius 3 is 2.32 bits per heavy atom. The first-order chi connectivity index (χ1) is 10.7. The summed E-state index contributed by atoms with van der Waals surface area (Å²) >= 11 is 0. The molecule has 0 radical (unpaired) electrons. The van der Waals surface area contributed by atoms with Gasteiger partial charge in [-0.3, -0.25) is 9.69 Å². The van der Waals surface area contributed by atoms with Gasteiger partial charge in [-0.05, 0) is 31.9 Å². The maximum absolute atomic E-state index is 12.8. The molecule has 1 aliphatic carbocycles. The Hall–Kier alpha value is -1.75. The van der Waals surface area contributed by atoms with Crippen molar-refractivity contribution in [3.8, 4) is 11.5 Å². The summed E-state index contributed by atoms with van der Waals surface area (Å²) in [5.74, 6) is 1.44. The average molecular weight is 302 g/mol. The van der Waals surface area contributed by atoms with Crippen LogP contribution in [-0.4, -0.2) is 60.1 Å². The summed E-state index contributed by atoms with van der Waals surface area (Å²) in [4.78, 5) is 17.2. The Balaban J connectivity index is 1.42. The number of para-hydroxylation sites is 2. The number of rotatable bonds is 2. The Bertz CT molecular complexity index is 565. The minimum absolute atomic E-state index is 0.0532. The lowest BCUT2D eigenvalue weighted by molar-refractivity contribution is -0.146. The van der Waals surface area contributed by atoms with Gasteiger partial charge in [0.2, 0.25) is 6.10 Å². The third kappa shape index (κ3) is 2.54. The Morgan fingerprint density at radius 2 is 1.68 bits per heavy atom. The molecular weight excluding hydrogens is 280 g/mol. The van der Waals surface area contributed by atoms with E-state index in [-0.39, 0.29) is 12.0 Å². The first-order valence-corrected chi connectivity index (χ1v) is 8.17. The summed E-state index contributed by atoms with van der Waals surface area (Å²) in [7, 11) is 0. The second-order valence-electron chi connectivity index (χ2n) is 6.40. The number of ether oxygens (including phenoxy) is 2. The Morgan fingerprint density at radius 1 is 1.05 bits per heavy atom. The molecule has 5 heteroatoms. The van der Waals surface area contributed by atoms with E-state index in [4.69, 9.17) is 9.47 Å². The zero-order chi connectivity index (χ0) is 15.1. The van der Waals surface area contributed by atoms with Crippen LogP contribution < -0.4 is 9.47 Å². The van der Waals surface area contributed by atoms with Crippen molar-refractivity contribution in [1.82, 2.24) is 9.80 Å². The zero-order valence-electron chi connectivity index (χ0n) is 12.9. The lowest BCUT2D eigenvalue weighted by atomic mass is 10.1. The zero-order valence-corrected chi connectivity index (χ0v) is 12.9. The van der Waals surface area contributed by atoms with E-state index < -0.39 is 6.10 Å². The van der Waals surface area contributed by atoms with E-state index >= 15 is 0 Å². The van der Waals surface area contributed by atoms with Crippen molar-refractivity contribution >= 4 is 5.91 Å². The largest absolute Gasteiger partial charge is 0.482 e. The average Bonchev–Trinajstić information content (AvgIpc) is 3.39. The van der Waals surface area contributed by atoms with Crippen molar-refractivity contribution in [2.24, 2.45) is 0 Å². The second kappa shape index (κ2) is 5.47. The number of amides is 1. The standard InChI is InChI=1S/C17H22N2O3/c1-12-16(22-15-5-3-2-4-14(15)21-12)17(20)19-10-8-18(9-11-19)13-6-7-13/h2-5,12-13,16H,6-11H2,1H3/t12-,16-/m0/s1. The monoisotopic (exact) mass is 302 g/mol. The number of nitrogens with zero attached hydrogens (tertiary/aromatic N) is 2. The fourth-order valence-electron chi connectivity index (χ4n) is 3.32. The summed E-state index contributed by atoms with van der Waals surface area (Å²) < 4.78 is 11.8. The predicted octanol–water partition coefficient (Wildman–Crippen LogP) is 1.52. The van der Waals surface area contributed by atoms with E-state index in [1.54, 1.807) is 0 Å². The molecule has 1 aromatic rings. The molecule has 118 valence electrons. The van der Waals surface area contributed by atoms with E-state index in [0.717, 1.165) is 38.0 Å². The number of carbonyl (C=O) groups excluding carboxylic acids is 1. The lowest BCUT2D eigenvalue weighted by Gasteiger charge is -2.38. The highest BCUT2D eigenvalue weighted by atomic mass is 16.6. The van der Waals surface area contributed by atoms with Crippen LogP contribution in [0.5, 0.6) is 11.5 Å². The Labute approximate surface area is 130 Å². The summed E-state index contributed by atoms with van der Waals surface area (Å²) in [6, 6.07) is 8.31. The minimum Gasteiger partial charge on any atom is -0.482 e. The molecule has 2 atom stereocenters. The molecule has 1 aromatic carbocycles.